The predicted molar refractivity (Wildman–Crippen MR) is 130 cm³/mol. The molecule has 28 heavy (non-hydrogen) atoms. The summed E-state index contributed by atoms with van der Waals surface area (Å²) in [6.07, 6.45) is 3.56. The molecule has 0 fully saturated rings. The highest BCUT2D eigenvalue weighted by Crippen LogP contribution is 2.18. The Balaban J connectivity index is 2.15. The van der Waals surface area contributed by atoms with Crippen LogP contribution >= 0.6 is 0 Å². The van der Waals surface area contributed by atoms with E-state index in [0.717, 1.165) is 12.3 Å². The van der Waals surface area contributed by atoms with Gasteiger partial charge in [-0.05, 0) is 78.8 Å². The van der Waals surface area contributed by atoms with Crippen molar-refractivity contribution in [2.75, 3.05) is 0 Å². The molecule has 0 bridgehead atoms. The summed E-state index contributed by atoms with van der Waals surface area (Å²) in [6.45, 7) is 18.6. The van der Waals surface area contributed by atoms with Gasteiger partial charge in [-0.2, -0.15) is 0 Å². The molecule has 0 aliphatic rings. The lowest BCUT2D eigenvalue weighted by molar-refractivity contribution is 0.572. The molecule has 0 atom stereocenters. The van der Waals surface area contributed by atoms with Crippen molar-refractivity contribution < 1.29 is 4.12 Å². The van der Waals surface area contributed by atoms with Crippen molar-refractivity contribution in [1.82, 2.24) is 0 Å². The van der Waals surface area contributed by atoms with Crippen molar-refractivity contribution in [2.45, 2.75) is 73.1 Å². The number of hydrogen-bond donors (Lipinski definition) is 0. The average molecular weight is 413 g/mol. The zero-order valence-electron chi connectivity index (χ0n) is 19.3. The Labute approximate surface area is 175 Å². The van der Waals surface area contributed by atoms with Gasteiger partial charge in [0.1, 0.15) is 0 Å². The number of benzene rings is 2. The summed E-state index contributed by atoms with van der Waals surface area (Å²) in [7, 11) is -3.92. The van der Waals surface area contributed by atoms with E-state index in [1.54, 1.807) is 0 Å². The predicted octanol–water partition coefficient (Wildman–Crippen LogP) is 6.01. The fourth-order valence-corrected chi connectivity index (χ4v) is 11.9. The minimum absolute atomic E-state index is 0.681. The Morgan fingerprint density at radius 3 is 1.89 bits per heavy atom. The molecule has 0 aromatic heterocycles. The van der Waals surface area contributed by atoms with Crippen LogP contribution in [0.5, 0.6) is 0 Å². The largest absolute Gasteiger partial charge is 0.449 e. The molecular weight excluding hydrogens is 372 g/mol. The molecule has 2 aromatic carbocycles. The van der Waals surface area contributed by atoms with E-state index in [1.807, 2.05) is 0 Å². The van der Waals surface area contributed by atoms with Crippen molar-refractivity contribution in [2.24, 2.45) is 11.8 Å². The van der Waals surface area contributed by atoms with E-state index in [9.17, 15) is 0 Å². The molecule has 0 radical (unpaired) electrons. The first-order chi connectivity index (χ1) is 13.0. The average Bonchev–Trinajstić information content (AvgIpc) is 2.59. The molecule has 0 amide bonds. The molecule has 0 N–H and O–H groups in total. The third-order valence-electron chi connectivity index (χ3n) is 5.44. The van der Waals surface area contributed by atoms with E-state index in [2.05, 4.69) is 102 Å². The van der Waals surface area contributed by atoms with E-state index < -0.39 is 16.6 Å². The highest BCUT2D eigenvalue weighted by molar-refractivity contribution is 6.96. The molecule has 3 heteroatoms. The monoisotopic (exact) mass is 412 g/mol. The van der Waals surface area contributed by atoms with Gasteiger partial charge in [-0.25, -0.2) is 0 Å². The molecule has 0 saturated carbocycles. The van der Waals surface area contributed by atoms with Gasteiger partial charge >= 0.3 is 0 Å². The minimum Gasteiger partial charge on any atom is -0.449 e. The summed E-state index contributed by atoms with van der Waals surface area (Å²) < 4.78 is 6.97. The zero-order valence-corrected chi connectivity index (χ0v) is 21.3. The smallest absolute Gasteiger partial charge is 0.206 e. The second kappa shape index (κ2) is 9.56. The molecule has 2 rings (SSSR count). The van der Waals surface area contributed by atoms with Crippen LogP contribution in [0.25, 0.3) is 0 Å². The normalized spacial score (nSPS) is 12.8. The van der Waals surface area contributed by atoms with Gasteiger partial charge in [0.25, 0.3) is 0 Å². The van der Waals surface area contributed by atoms with Gasteiger partial charge in [-0.3, -0.25) is 0 Å². The Bertz CT molecular complexity index is 745. The molecule has 154 valence electrons. The van der Waals surface area contributed by atoms with Gasteiger partial charge < -0.3 is 4.12 Å². The second-order valence-corrected chi connectivity index (χ2v) is 18.1. The fraction of sp³-hybridized carbons (Fsp3) is 0.520. The highest BCUT2D eigenvalue weighted by atomic mass is 28.4. The van der Waals surface area contributed by atoms with Crippen molar-refractivity contribution in [3.8, 4) is 0 Å². The Kier molecular flexibility index (Phi) is 7.89. The van der Waals surface area contributed by atoms with Gasteiger partial charge in [-0.15, -0.1) is 0 Å². The van der Waals surface area contributed by atoms with Crippen molar-refractivity contribution in [3.63, 3.8) is 0 Å². The molecule has 0 saturated heterocycles. The summed E-state index contributed by atoms with van der Waals surface area (Å²) in [5.74, 6) is 1.44. The third-order valence-corrected chi connectivity index (χ3v) is 12.9. The van der Waals surface area contributed by atoms with E-state index in [0.29, 0.717) is 5.92 Å². The first-order valence-electron chi connectivity index (χ1n) is 10.9. The lowest BCUT2D eigenvalue weighted by Gasteiger charge is -2.35. The number of rotatable bonds is 9. The van der Waals surface area contributed by atoms with Crippen LogP contribution in [0.4, 0.5) is 0 Å². The fourth-order valence-electron chi connectivity index (χ4n) is 3.83. The summed E-state index contributed by atoms with van der Waals surface area (Å²) >= 11 is 0. The summed E-state index contributed by atoms with van der Waals surface area (Å²) in [4.78, 5) is 0. The molecule has 0 aliphatic heterocycles. The molecule has 2 aromatic rings. The zero-order chi connectivity index (χ0) is 20.9. The minimum atomic E-state index is -1.96. The molecule has 0 heterocycles. The van der Waals surface area contributed by atoms with E-state index in [4.69, 9.17) is 4.12 Å². The second-order valence-electron chi connectivity index (χ2n) is 10.1. The maximum Gasteiger partial charge on any atom is 0.206 e. The van der Waals surface area contributed by atoms with E-state index in [1.165, 1.54) is 34.3 Å². The number of aryl methyl sites for hydroxylation is 1. The lowest BCUT2D eigenvalue weighted by atomic mass is 10.0. The van der Waals surface area contributed by atoms with Crippen LogP contribution < -0.4 is 10.4 Å². The quantitative estimate of drug-likeness (QED) is 0.458. The van der Waals surface area contributed by atoms with E-state index >= 15 is 0 Å². The van der Waals surface area contributed by atoms with Crippen LogP contribution in [0.1, 0.15) is 45.2 Å². The standard InChI is InChI=1S/C25H40OSi2/c1-20(2)12-13-22-14-16-24(17-15-22)27(5,6)26-28(7,8)25-11-9-10-23(19-25)18-21(3)4/h9-11,14-17,19-21H,12-13,18H2,1-8H3. The van der Waals surface area contributed by atoms with Crippen LogP contribution in [-0.2, 0) is 17.0 Å². The van der Waals surface area contributed by atoms with Gasteiger partial charge in [0, 0.05) is 0 Å². The van der Waals surface area contributed by atoms with Gasteiger partial charge in [0.2, 0.25) is 16.6 Å². The molecule has 0 unspecified atom stereocenters. The molecule has 0 spiro atoms. The van der Waals surface area contributed by atoms with Crippen LogP contribution in [-0.4, -0.2) is 16.6 Å². The summed E-state index contributed by atoms with van der Waals surface area (Å²) in [6, 6.07) is 18.4. The third kappa shape index (κ3) is 6.72. The Hall–Kier alpha value is -1.17. The topological polar surface area (TPSA) is 9.23 Å². The van der Waals surface area contributed by atoms with Gasteiger partial charge in [0.05, 0.1) is 0 Å². The van der Waals surface area contributed by atoms with Crippen molar-refractivity contribution >= 4 is 27.0 Å². The van der Waals surface area contributed by atoms with Crippen LogP contribution in [0, 0.1) is 11.8 Å². The van der Waals surface area contributed by atoms with Crippen LogP contribution in [0.2, 0.25) is 26.2 Å². The molecular formula is C25H40OSi2. The molecule has 0 aliphatic carbocycles. The highest BCUT2D eigenvalue weighted by Gasteiger charge is 2.36. The molecule has 1 nitrogen and oxygen atoms in total. The Morgan fingerprint density at radius 2 is 1.32 bits per heavy atom. The van der Waals surface area contributed by atoms with Gasteiger partial charge in [-0.1, -0.05) is 76.2 Å². The van der Waals surface area contributed by atoms with Crippen LogP contribution in [0.3, 0.4) is 0 Å². The number of hydrogen-bond acceptors (Lipinski definition) is 1. The lowest BCUT2D eigenvalue weighted by Crippen LogP contribution is -2.57. The summed E-state index contributed by atoms with van der Waals surface area (Å²) in [5, 5.41) is 2.82. The van der Waals surface area contributed by atoms with Crippen molar-refractivity contribution in [1.29, 1.82) is 0 Å². The van der Waals surface area contributed by atoms with Gasteiger partial charge in [0.15, 0.2) is 0 Å². The first kappa shape index (κ1) is 23.1. The maximum atomic E-state index is 6.97. The first-order valence-corrected chi connectivity index (χ1v) is 16.7. The SMILES string of the molecule is CC(C)CCc1ccc([Si](C)(C)O[Si](C)(C)c2cccc(CC(C)C)c2)cc1. The summed E-state index contributed by atoms with van der Waals surface area (Å²) in [5.41, 5.74) is 2.88. The van der Waals surface area contributed by atoms with Crippen molar-refractivity contribution in [3.05, 3.63) is 59.7 Å². The van der Waals surface area contributed by atoms with E-state index in [-0.39, 0.29) is 0 Å². The maximum absolute atomic E-state index is 6.97. The Morgan fingerprint density at radius 1 is 0.714 bits per heavy atom. The van der Waals surface area contributed by atoms with Crippen LogP contribution in [0.15, 0.2) is 48.5 Å².